The Morgan fingerprint density at radius 1 is 1.22 bits per heavy atom. The summed E-state index contributed by atoms with van der Waals surface area (Å²) in [5, 5.41) is 3.71. The highest BCUT2D eigenvalue weighted by Crippen LogP contribution is 2.31. The van der Waals surface area contributed by atoms with Gasteiger partial charge in [0.1, 0.15) is 0 Å². The minimum Gasteiger partial charge on any atom is -0.310 e. The first-order chi connectivity index (χ1) is 8.60. The lowest BCUT2D eigenvalue weighted by atomic mass is 9.90. The molecule has 0 bridgehead atoms. The molecule has 2 unspecified atom stereocenters. The number of aryl methyl sites for hydroxylation is 1. The maximum Gasteiger partial charge on any atom is 0.0357 e. The molecule has 0 aromatic heterocycles. The lowest BCUT2D eigenvalue weighted by Gasteiger charge is -2.27. The van der Waals surface area contributed by atoms with Gasteiger partial charge in [0.2, 0.25) is 0 Å². The third kappa shape index (κ3) is 4.40. The van der Waals surface area contributed by atoms with Crippen molar-refractivity contribution >= 4 is 15.9 Å². The molecule has 102 valence electrons. The van der Waals surface area contributed by atoms with Gasteiger partial charge in [-0.05, 0) is 43.9 Å². The Morgan fingerprint density at radius 3 is 2.56 bits per heavy atom. The van der Waals surface area contributed by atoms with Crippen LogP contribution < -0.4 is 5.32 Å². The van der Waals surface area contributed by atoms with E-state index in [0.29, 0.717) is 12.0 Å². The Morgan fingerprint density at radius 2 is 1.94 bits per heavy atom. The molecule has 2 atom stereocenters. The maximum atomic E-state index is 3.71. The van der Waals surface area contributed by atoms with Crippen molar-refractivity contribution in [2.75, 3.05) is 6.54 Å². The van der Waals surface area contributed by atoms with Gasteiger partial charge in [-0.1, -0.05) is 60.8 Å². The molecule has 0 heterocycles. The van der Waals surface area contributed by atoms with E-state index in [9.17, 15) is 0 Å². The Kier molecular flexibility index (Phi) is 6.95. The van der Waals surface area contributed by atoms with Gasteiger partial charge in [0, 0.05) is 10.5 Å². The number of benzene rings is 1. The van der Waals surface area contributed by atoms with Crippen molar-refractivity contribution in [1.82, 2.24) is 5.32 Å². The third-order valence-electron chi connectivity index (χ3n) is 3.41. The summed E-state index contributed by atoms with van der Waals surface area (Å²) in [5.74, 6) is 0.666. The molecule has 18 heavy (non-hydrogen) atoms. The summed E-state index contributed by atoms with van der Waals surface area (Å²) >= 11 is 3.70. The number of rotatable bonds is 7. The quantitative estimate of drug-likeness (QED) is 0.726. The highest BCUT2D eigenvalue weighted by atomic mass is 79.9. The Balaban J connectivity index is 2.96. The molecule has 1 nitrogen and oxygen atoms in total. The molecule has 1 aromatic carbocycles. The van der Waals surface area contributed by atoms with E-state index in [1.807, 2.05) is 0 Å². The van der Waals surface area contributed by atoms with Crippen LogP contribution in [0.5, 0.6) is 0 Å². The highest BCUT2D eigenvalue weighted by Gasteiger charge is 2.20. The summed E-state index contributed by atoms with van der Waals surface area (Å²) in [5.41, 5.74) is 2.74. The predicted molar refractivity (Wildman–Crippen MR) is 84.0 cm³/mol. The van der Waals surface area contributed by atoms with Crippen LogP contribution in [0.3, 0.4) is 0 Å². The Hall–Kier alpha value is -0.340. The third-order valence-corrected chi connectivity index (χ3v) is 4.14. The fourth-order valence-corrected chi connectivity index (χ4v) is 2.93. The molecule has 1 rings (SSSR count). The largest absolute Gasteiger partial charge is 0.310 e. The predicted octanol–water partition coefficient (Wildman–Crippen LogP) is 5.23. The van der Waals surface area contributed by atoms with Gasteiger partial charge < -0.3 is 5.32 Å². The van der Waals surface area contributed by atoms with E-state index in [4.69, 9.17) is 0 Å². The normalized spacial score (nSPS) is 14.5. The summed E-state index contributed by atoms with van der Waals surface area (Å²) in [6.07, 6.45) is 3.69. The average Bonchev–Trinajstić information content (AvgIpc) is 2.34. The van der Waals surface area contributed by atoms with Crippen molar-refractivity contribution in [1.29, 1.82) is 0 Å². The van der Waals surface area contributed by atoms with Gasteiger partial charge in [-0.15, -0.1) is 0 Å². The van der Waals surface area contributed by atoms with E-state index >= 15 is 0 Å². The minimum absolute atomic E-state index is 0.458. The van der Waals surface area contributed by atoms with E-state index in [1.165, 1.54) is 34.9 Å². The zero-order chi connectivity index (χ0) is 13.5. The Labute approximate surface area is 120 Å². The van der Waals surface area contributed by atoms with Crippen molar-refractivity contribution < 1.29 is 0 Å². The van der Waals surface area contributed by atoms with Crippen LogP contribution in [0.25, 0.3) is 0 Å². The smallest absolute Gasteiger partial charge is 0.0357 e. The molecule has 0 aliphatic carbocycles. The van der Waals surface area contributed by atoms with Crippen LogP contribution in [0.1, 0.15) is 57.2 Å². The fourth-order valence-electron chi connectivity index (χ4n) is 2.44. The SMILES string of the molecule is CCCNC(c1cc(C)ccc1Br)C(C)CCC. The van der Waals surface area contributed by atoms with E-state index in [0.717, 1.165) is 6.54 Å². The van der Waals surface area contributed by atoms with Gasteiger partial charge in [0.15, 0.2) is 0 Å². The van der Waals surface area contributed by atoms with Crippen LogP contribution in [0, 0.1) is 12.8 Å². The van der Waals surface area contributed by atoms with Crippen molar-refractivity contribution in [3.8, 4) is 0 Å². The number of hydrogen-bond donors (Lipinski definition) is 1. The summed E-state index contributed by atoms with van der Waals surface area (Å²) in [4.78, 5) is 0. The van der Waals surface area contributed by atoms with Gasteiger partial charge in [-0.3, -0.25) is 0 Å². The molecule has 2 heteroatoms. The lowest BCUT2D eigenvalue weighted by molar-refractivity contribution is 0.362. The number of nitrogens with one attached hydrogen (secondary N) is 1. The van der Waals surface area contributed by atoms with Gasteiger partial charge in [0.25, 0.3) is 0 Å². The van der Waals surface area contributed by atoms with E-state index in [2.05, 4.69) is 67.1 Å². The van der Waals surface area contributed by atoms with Crippen LogP contribution in [-0.4, -0.2) is 6.54 Å². The van der Waals surface area contributed by atoms with E-state index in [1.54, 1.807) is 0 Å². The number of hydrogen-bond acceptors (Lipinski definition) is 1. The molecule has 0 aliphatic heterocycles. The van der Waals surface area contributed by atoms with Crippen LogP contribution in [0.2, 0.25) is 0 Å². The zero-order valence-electron chi connectivity index (χ0n) is 12.1. The molecule has 0 fully saturated rings. The summed E-state index contributed by atoms with van der Waals surface area (Å²) < 4.78 is 1.23. The molecule has 0 aliphatic rings. The minimum atomic E-state index is 0.458. The summed E-state index contributed by atoms with van der Waals surface area (Å²) in [6.45, 7) is 10.1. The summed E-state index contributed by atoms with van der Waals surface area (Å²) in [6, 6.07) is 7.10. The van der Waals surface area contributed by atoms with Gasteiger partial charge >= 0.3 is 0 Å². The second-order valence-corrected chi connectivity index (χ2v) is 6.08. The zero-order valence-corrected chi connectivity index (χ0v) is 13.7. The molecule has 0 amide bonds. The van der Waals surface area contributed by atoms with E-state index < -0.39 is 0 Å². The van der Waals surface area contributed by atoms with E-state index in [-0.39, 0.29) is 0 Å². The highest BCUT2D eigenvalue weighted by molar-refractivity contribution is 9.10. The molecule has 0 saturated carbocycles. The molecule has 1 aromatic rings. The first-order valence-corrected chi connectivity index (χ1v) is 7.88. The van der Waals surface area contributed by atoms with Gasteiger partial charge in [-0.2, -0.15) is 0 Å². The standard InChI is InChI=1S/C16H26BrN/c1-5-7-13(4)16(18-10-6-2)14-11-12(3)8-9-15(14)17/h8-9,11,13,16,18H,5-7,10H2,1-4H3. The molecule has 0 saturated heterocycles. The second kappa shape index (κ2) is 7.96. The van der Waals surface area contributed by atoms with Crippen molar-refractivity contribution in [2.24, 2.45) is 5.92 Å². The van der Waals surface area contributed by atoms with Crippen LogP contribution >= 0.6 is 15.9 Å². The topological polar surface area (TPSA) is 12.0 Å². The lowest BCUT2D eigenvalue weighted by Crippen LogP contribution is -2.28. The maximum absolute atomic E-state index is 3.71. The van der Waals surface area contributed by atoms with Crippen LogP contribution in [0.4, 0.5) is 0 Å². The van der Waals surface area contributed by atoms with Gasteiger partial charge in [0.05, 0.1) is 0 Å². The van der Waals surface area contributed by atoms with Gasteiger partial charge in [-0.25, -0.2) is 0 Å². The monoisotopic (exact) mass is 311 g/mol. The van der Waals surface area contributed by atoms with Crippen LogP contribution in [-0.2, 0) is 0 Å². The molecule has 0 spiro atoms. The second-order valence-electron chi connectivity index (χ2n) is 5.22. The molecular weight excluding hydrogens is 286 g/mol. The Bertz CT molecular complexity index is 362. The summed E-state index contributed by atoms with van der Waals surface area (Å²) in [7, 11) is 0. The first-order valence-electron chi connectivity index (χ1n) is 7.09. The molecule has 1 N–H and O–H groups in total. The molecular formula is C16H26BrN. The van der Waals surface area contributed by atoms with Crippen molar-refractivity contribution in [3.63, 3.8) is 0 Å². The molecule has 0 radical (unpaired) electrons. The average molecular weight is 312 g/mol. The van der Waals surface area contributed by atoms with Crippen molar-refractivity contribution in [2.45, 2.75) is 53.0 Å². The fraction of sp³-hybridized carbons (Fsp3) is 0.625. The van der Waals surface area contributed by atoms with Crippen molar-refractivity contribution in [3.05, 3.63) is 33.8 Å². The first kappa shape index (κ1) is 15.7. The van der Waals surface area contributed by atoms with Crippen LogP contribution in [0.15, 0.2) is 22.7 Å². The number of halogens is 1.